The summed E-state index contributed by atoms with van der Waals surface area (Å²) >= 11 is 6.54. The Balaban J connectivity index is 4.66. The molecule has 14 heavy (non-hydrogen) atoms. The van der Waals surface area contributed by atoms with Gasteiger partial charge in [0.2, 0.25) is 0 Å². The molecule has 0 radical (unpaired) electrons. The summed E-state index contributed by atoms with van der Waals surface area (Å²) in [4.78, 5) is 0. The number of hydrogen-bond acceptors (Lipinski definition) is 3. The zero-order valence-electron chi connectivity index (χ0n) is 8.41. The molecule has 0 aliphatic rings. The largest absolute Gasteiger partial charge is 0.197 e. The van der Waals surface area contributed by atoms with E-state index in [0.717, 1.165) is 5.57 Å². The van der Waals surface area contributed by atoms with E-state index < -0.39 is 4.75 Å². The number of allylic oxidation sites excluding steroid dienone is 3. The molecule has 3 heteroatoms. The number of nitriles is 1. The van der Waals surface area contributed by atoms with Crippen LogP contribution < -0.4 is 0 Å². The zero-order valence-corrected chi connectivity index (χ0v) is 10.0. The van der Waals surface area contributed by atoms with Crippen molar-refractivity contribution in [3.63, 3.8) is 0 Å². The minimum Gasteiger partial charge on any atom is -0.197 e. The van der Waals surface area contributed by atoms with Gasteiger partial charge in [-0.15, -0.1) is 0 Å². The second-order valence-electron chi connectivity index (χ2n) is 3.07. The summed E-state index contributed by atoms with van der Waals surface area (Å²) in [5.74, 6) is 0. The highest BCUT2D eigenvalue weighted by Crippen LogP contribution is 2.28. The van der Waals surface area contributed by atoms with Crippen molar-refractivity contribution in [2.45, 2.75) is 18.6 Å². The second kappa shape index (κ2) is 5.79. The molecule has 0 unspecified atom stereocenters. The van der Waals surface area contributed by atoms with Gasteiger partial charge in [0, 0.05) is 0 Å². The first-order valence-corrected chi connectivity index (χ1v) is 5.29. The van der Waals surface area contributed by atoms with Gasteiger partial charge >= 0.3 is 0 Å². The molecule has 0 aromatic heterocycles. The van der Waals surface area contributed by atoms with Gasteiger partial charge in [0.1, 0.15) is 4.75 Å². The predicted molar refractivity (Wildman–Crippen MR) is 68.4 cm³/mol. The molecular formula is C11H13NS2. The maximum atomic E-state index is 8.83. The lowest BCUT2D eigenvalue weighted by atomic mass is 10.2. The van der Waals surface area contributed by atoms with Crippen LogP contribution in [0.25, 0.3) is 0 Å². The molecule has 0 aromatic rings. The van der Waals surface area contributed by atoms with Crippen LogP contribution in [0, 0.1) is 11.3 Å². The molecule has 0 saturated carbocycles. The second-order valence-corrected chi connectivity index (χ2v) is 5.37. The summed E-state index contributed by atoms with van der Waals surface area (Å²) in [6, 6.07) is 2.18. The normalized spacial score (nSPS) is 11.6. The van der Waals surface area contributed by atoms with Gasteiger partial charge in [0.15, 0.2) is 0 Å². The Morgan fingerprint density at radius 1 is 1.50 bits per heavy atom. The van der Waals surface area contributed by atoms with E-state index in [2.05, 4.69) is 19.2 Å². The van der Waals surface area contributed by atoms with Gasteiger partial charge in [-0.2, -0.15) is 5.26 Å². The quantitative estimate of drug-likeness (QED) is 0.413. The Morgan fingerprint density at radius 2 is 2.07 bits per heavy atom. The summed E-state index contributed by atoms with van der Waals surface area (Å²) in [5.41, 5.74) is 0.836. The molecule has 0 fully saturated rings. The molecule has 0 atom stereocenters. The first-order chi connectivity index (χ1) is 6.46. The summed E-state index contributed by atoms with van der Waals surface area (Å²) in [7, 11) is 0. The fourth-order valence-electron chi connectivity index (χ4n) is 0.660. The number of thiocarbonyl (C=S) groups is 1. The van der Waals surface area contributed by atoms with Crippen LogP contribution in [0.15, 0.2) is 37.0 Å². The molecule has 0 aliphatic heterocycles. The van der Waals surface area contributed by atoms with E-state index in [9.17, 15) is 0 Å². The third-order valence-electron chi connectivity index (χ3n) is 1.37. The average Bonchev–Trinajstić information content (AvgIpc) is 2.13. The molecule has 0 heterocycles. The molecule has 0 aromatic carbocycles. The Kier molecular flexibility index (Phi) is 5.44. The lowest BCUT2D eigenvalue weighted by Gasteiger charge is -2.15. The van der Waals surface area contributed by atoms with Crippen LogP contribution >= 0.6 is 24.0 Å². The summed E-state index contributed by atoms with van der Waals surface area (Å²) in [5, 5.41) is 8.83. The highest BCUT2D eigenvalue weighted by molar-refractivity contribution is 8.24. The van der Waals surface area contributed by atoms with Crippen LogP contribution in [0.1, 0.15) is 13.8 Å². The molecule has 0 spiro atoms. The standard InChI is InChI=1S/C11H13NS2/c1-5-7-9(6-2)10(13)14-11(3,4)8-12/h5-7H,1-2H2,3-4H3/b9-7+. The molecule has 0 N–H and O–H groups in total. The number of thioether (sulfide) groups is 1. The van der Waals surface area contributed by atoms with Crippen LogP contribution in [0.2, 0.25) is 0 Å². The molecule has 1 nitrogen and oxygen atoms in total. The molecule has 74 valence electrons. The van der Waals surface area contributed by atoms with Crippen LogP contribution in [0.5, 0.6) is 0 Å². The molecule has 0 amide bonds. The Labute approximate surface area is 95.2 Å². The molecular weight excluding hydrogens is 210 g/mol. The van der Waals surface area contributed by atoms with E-state index >= 15 is 0 Å². The Hall–Kier alpha value is -0.850. The van der Waals surface area contributed by atoms with Gasteiger partial charge in [-0.25, -0.2) is 0 Å². The maximum Gasteiger partial charge on any atom is 0.102 e. The van der Waals surface area contributed by atoms with Crippen molar-refractivity contribution in [3.8, 4) is 6.07 Å². The Morgan fingerprint density at radius 3 is 2.43 bits per heavy atom. The van der Waals surface area contributed by atoms with Gasteiger partial charge in [-0.05, 0) is 19.4 Å². The summed E-state index contributed by atoms with van der Waals surface area (Å²) in [6.07, 6.45) is 5.11. The van der Waals surface area contributed by atoms with E-state index in [4.69, 9.17) is 17.5 Å². The van der Waals surface area contributed by atoms with Crippen molar-refractivity contribution in [1.82, 2.24) is 0 Å². The molecule has 0 saturated heterocycles. The summed E-state index contributed by atoms with van der Waals surface area (Å²) < 4.78 is 0.173. The van der Waals surface area contributed by atoms with E-state index in [1.165, 1.54) is 11.8 Å². The van der Waals surface area contributed by atoms with E-state index in [1.54, 1.807) is 18.2 Å². The van der Waals surface area contributed by atoms with Crippen LogP contribution in [-0.2, 0) is 0 Å². The third-order valence-corrected chi connectivity index (χ3v) is 2.88. The van der Waals surface area contributed by atoms with Crippen molar-refractivity contribution >= 4 is 28.2 Å². The van der Waals surface area contributed by atoms with Crippen LogP contribution in [0.3, 0.4) is 0 Å². The topological polar surface area (TPSA) is 23.8 Å². The van der Waals surface area contributed by atoms with Crippen molar-refractivity contribution in [2.24, 2.45) is 0 Å². The number of hydrogen-bond donors (Lipinski definition) is 0. The van der Waals surface area contributed by atoms with Crippen molar-refractivity contribution < 1.29 is 0 Å². The lowest BCUT2D eigenvalue weighted by Crippen LogP contribution is -2.14. The number of nitrogens with zero attached hydrogens (tertiary/aromatic N) is 1. The predicted octanol–water partition coefficient (Wildman–Crippen LogP) is 3.65. The van der Waals surface area contributed by atoms with Crippen LogP contribution in [-0.4, -0.2) is 8.94 Å². The average molecular weight is 223 g/mol. The van der Waals surface area contributed by atoms with Crippen molar-refractivity contribution in [1.29, 1.82) is 5.26 Å². The minimum absolute atomic E-state index is 0.500. The Bertz CT molecular complexity index is 319. The fraction of sp³-hybridized carbons (Fsp3) is 0.273. The van der Waals surface area contributed by atoms with Crippen LogP contribution in [0.4, 0.5) is 0 Å². The van der Waals surface area contributed by atoms with Gasteiger partial charge in [0.25, 0.3) is 0 Å². The fourth-order valence-corrected chi connectivity index (χ4v) is 2.21. The van der Waals surface area contributed by atoms with E-state index in [0.29, 0.717) is 4.20 Å². The zero-order chi connectivity index (χ0) is 11.2. The van der Waals surface area contributed by atoms with E-state index in [1.807, 2.05) is 13.8 Å². The third kappa shape index (κ3) is 4.40. The molecule has 0 bridgehead atoms. The number of rotatable bonds is 4. The molecule has 0 rings (SSSR count). The smallest absolute Gasteiger partial charge is 0.102 e. The monoisotopic (exact) mass is 223 g/mol. The van der Waals surface area contributed by atoms with Crippen molar-refractivity contribution in [3.05, 3.63) is 37.0 Å². The van der Waals surface area contributed by atoms with Gasteiger partial charge in [-0.3, -0.25) is 0 Å². The van der Waals surface area contributed by atoms with Gasteiger partial charge < -0.3 is 0 Å². The highest BCUT2D eigenvalue weighted by atomic mass is 32.2. The summed E-state index contributed by atoms with van der Waals surface area (Å²) in [6.45, 7) is 10.9. The highest BCUT2D eigenvalue weighted by Gasteiger charge is 2.20. The maximum absolute atomic E-state index is 8.83. The first kappa shape index (κ1) is 13.2. The molecule has 0 aliphatic carbocycles. The minimum atomic E-state index is -0.500. The first-order valence-electron chi connectivity index (χ1n) is 4.06. The SMILES string of the molecule is C=C/C=C(\C=C)C(=S)SC(C)(C)C#N. The van der Waals surface area contributed by atoms with E-state index in [-0.39, 0.29) is 0 Å². The van der Waals surface area contributed by atoms with Crippen molar-refractivity contribution in [2.75, 3.05) is 0 Å². The lowest BCUT2D eigenvalue weighted by molar-refractivity contribution is 0.921. The van der Waals surface area contributed by atoms with Gasteiger partial charge in [-0.1, -0.05) is 55.4 Å². The van der Waals surface area contributed by atoms with Gasteiger partial charge in [0.05, 0.1) is 10.3 Å².